The molecule has 0 aromatic heterocycles. The Kier molecular flexibility index (Phi) is 5.42. The van der Waals surface area contributed by atoms with Crippen LogP contribution in [0.4, 0.5) is 10.5 Å². The molecule has 7 heteroatoms. The van der Waals surface area contributed by atoms with Crippen LogP contribution in [0.3, 0.4) is 0 Å². The summed E-state index contributed by atoms with van der Waals surface area (Å²) in [4.78, 5) is 28.4. The van der Waals surface area contributed by atoms with E-state index >= 15 is 0 Å². The molecule has 1 fully saturated rings. The largest absolute Gasteiger partial charge is 0.444 e. The van der Waals surface area contributed by atoms with Crippen LogP contribution in [0.1, 0.15) is 38.1 Å². The van der Waals surface area contributed by atoms with E-state index in [1.807, 2.05) is 27.7 Å². The molecule has 2 N–H and O–H groups in total. The van der Waals surface area contributed by atoms with Crippen LogP contribution in [-0.4, -0.2) is 53.1 Å². The molecule has 1 atom stereocenters. The van der Waals surface area contributed by atoms with E-state index in [2.05, 4.69) is 15.9 Å². The Morgan fingerprint density at radius 3 is 2.50 bits per heavy atom. The minimum atomic E-state index is -0.529. The van der Waals surface area contributed by atoms with Crippen LogP contribution in [0.5, 0.6) is 0 Å². The van der Waals surface area contributed by atoms with Gasteiger partial charge in [-0.25, -0.2) is 4.79 Å². The van der Waals surface area contributed by atoms with Gasteiger partial charge in [-0.05, 0) is 61.8 Å². The van der Waals surface area contributed by atoms with Gasteiger partial charge in [-0.3, -0.25) is 4.79 Å². The number of nitrogen functional groups attached to an aromatic ring is 1. The van der Waals surface area contributed by atoms with E-state index in [9.17, 15) is 9.59 Å². The lowest BCUT2D eigenvalue weighted by Gasteiger charge is -2.40. The number of ether oxygens (including phenoxy) is 1. The van der Waals surface area contributed by atoms with Gasteiger partial charge in [0.15, 0.2) is 0 Å². The Morgan fingerprint density at radius 1 is 1.29 bits per heavy atom. The molecule has 1 aromatic carbocycles. The first kappa shape index (κ1) is 18.6. The number of hydrogen-bond acceptors (Lipinski definition) is 4. The molecule has 0 saturated carbocycles. The number of halogens is 1. The highest BCUT2D eigenvalue weighted by atomic mass is 79.9. The quantitative estimate of drug-likeness (QED) is 0.738. The number of carbonyl (C=O) groups is 2. The van der Waals surface area contributed by atoms with Crippen LogP contribution in [0.25, 0.3) is 0 Å². The highest BCUT2D eigenvalue weighted by Gasteiger charge is 2.33. The van der Waals surface area contributed by atoms with Gasteiger partial charge in [0.05, 0.1) is 5.56 Å². The summed E-state index contributed by atoms with van der Waals surface area (Å²) in [7, 11) is 0. The zero-order chi connectivity index (χ0) is 18.1. The molecule has 0 radical (unpaired) electrons. The van der Waals surface area contributed by atoms with Gasteiger partial charge in [-0.1, -0.05) is 0 Å². The molecule has 2 rings (SSSR count). The lowest BCUT2D eigenvalue weighted by atomic mass is 10.1. The number of carbonyl (C=O) groups excluding carboxylic acids is 2. The van der Waals surface area contributed by atoms with Crippen LogP contribution >= 0.6 is 15.9 Å². The zero-order valence-electron chi connectivity index (χ0n) is 14.5. The lowest BCUT2D eigenvalue weighted by molar-refractivity contribution is 0.00197. The van der Waals surface area contributed by atoms with Gasteiger partial charge >= 0.3 is 6.09 Å². The zero-order valence-corrected chi connectivity index (χ0v) is 16.1. The molecule has 0 bridgehead atoms. The Morgan fingerprint density at radius 2 is 1.96 bits per heavy atom. The summed E-state index contributed by atoms with van der Waals surface area (Å²) in [6.45, 7) is 8.83. The van der Waals surface area contributed by atoms with Crippen LogP contribution in [-0.2, 0) is 4.74 Å². The fraction of sp³-hybridized carbons (Fsp3) is 0.529. The van der Waals surface area contributed by atoms with Crippen LogP contribution in [0.2, 0.25) is 0 Å². The van der Waals surface area contributed by atoms with Gasteiger partial charge in [-0.2, -0.15) is 0 Å². The molecule has 1 aliphatic heterocycles. The first-order valence-corrected chi connectivity index (χ1v) is 8.71. The average molecular weight is 398 g/mol. The normalized spacial score (nSPS) is 18.5. The first-order chi connectivity index (χ1) is 11.1. The topological polar surface area (TPSA) is 75.9 Å². The predicted molar refractivity (Wildman–Crippen MR) is 96.9 cm³/mol. The van der Waals surface area contributed by atoms with Gasteiger partial charge in [0.2, 0.25) is 0 Å². The molecular formula is C17H24BrN3O3. The van der Waals surface area contributed by atoms with Crippen molar-refractivity contribution in [3.05, 3.63) is 28.2 Å². The smallest absolute Gasteiger partial charge is 0.410 e. The van der Waals surface area contributed by atoms with Crippen molar-refractivity contribution in [1.29, 1.82) is 0 Å². The van der Waals surface area contributed by atoms with Crippen molar-refractivity contribution < 1.29 is 14.3 Å². The monoisotopic (exact) mass is 397 g/mol. The number of benzene rings is 1. The third kappa shape index (κ3) is 4.41. The molecule has 1 aliphatic rings. The molecule has 6 nitrogen and oxygen atoms in total. The van der Waals surface area contributed by atoms with Crippen molar-refractivity contribution in [2.45, 2.75) is 39.3 Å². The number of anilines is 1. The molecule has 24 heavy (non-hydrogen) atoms. The van der Waals surface area contributed by atoms with Crippen molar-refractivity contribution in [2.24, 2.45) is 0 Å². The molecule has 2 amide bonds. The maximum Gasteiger partial charge on any atom is 0.410 e. The van der Waals surface area contributed by atoms with Gasteiger partial charge < -0.3 is 20.3 Å². The Labute approximate surface area is 151 Å². The van der Waals surface area contributed by atoms with E-state index in [1.54, 1.807) is 28.0 Å². The van der Waals surface area contributed by atoms with E-state index in [0.29, 0.717) is 35.4 Å². The van der Waals surface area contributed by atoms with Gasteiger partial charge in [-0.15, -0.1) is 0 Å². The standard InChI is InChI=1S/C17H24BrN3O3/c1-11-10-20(7-8-21(11)16(23)24-17(2,3)4)15(22)13-6-5-12(19)9-14(13)18/h5-6,9,11H,7-8,10,19H2,1-4H3/t11-/m0/s1. The van der Waals surface area contributed by atoms with Crippen molar-refractivity contribution in [3.8, 4) is 0 Å². The summed E-state index contributed by atoms with van der Waals surface area (Å²) in [5, 5.41) is 0. The fourth-order valence-corrected chi connectivity index (χ4v) is 3.18. The van der Waals surface area contributed by atoms with Gasteiger partial charge in [0.25, 0.3) is 5.91 Å². The molecule has 1 saturated heterocycles. The summed E-state index contributed by atoms with van der Waals surface area (Å²) in [5.74, 6) is -0.0717. The van der Waals surface area contributed by atoms with Crippen molar-refractivity contribution in [1.82, 2.24) is 9.80 Å². The van der Waals surface area contributed by atoms with Crippen molar-refractivity contribution >= 4 is 33.6 Å². The van der Waals surface area contributed by atoms with E-state index in [1.165, 1.54) is 0 Å². The van der Waals surface area contributed by atoms with Crippen molar-refractivity contribution in [2.75, 3.05) is 25.4 Å². The highest BCUT2D eigenvalue weighted by Crippen LogP contribution is 2.23. The summed E-state index contributed by atoms with van der Waals surface area (Å²) in [6, 6.07) is 5.03. The summed E-state index contributed by atoms with van der Waals surface area (Å²) in [5.41, 5.74) is 6.36. The summed E-state index contributed by atoms with van der Waals surface area (Å²) in [6.07, 6.45) is -0.337. The van der Waals surface area contributed by atoms with Crippen LogP contribution in [0.15, 0.2) is 22.7 Å². The number of nitrogens with two attached hydrogens (primary N) is 1. The Bertz CT molecular complexity index is 642. The second-order valence-electron chi connectivity index (χ2n) is 7.01. The van der Waals surface area contributed by atoms with Gasteiger partial charge in [0, 0.05) is 35.8 Å². The molecule has 132 valence electrons. The van der Waals surface area contributed by atoms with Crippen molar-refractivity contribution in [3.63, 3.8) is 0 Å². The van der Waals surface area contributed by atoms with E-state index in [0.717, 1.165) is 0 Å². The SMILES string of the molecule is C[C@H]1CN(C(=O)c2ccc(N)cc2Br)CCN1C(=O)OC(C)(C)C. The third-order valence-electron chi connectivity index (χ3n) is 3.77. The maximum absolute atomic E-state index is 12.7. The number of piperazine rings is 1. The Hall–Kier alpha value is -1.76. The molecule has 0 spiro atoms. The highest BCUT2D eigenvalue weighted by molar-refractivity contribution is 9.10. The molecule has 1 aromatic rings. The first-order valence-electron chi connectivity index (χ1n) is 7.92. The average Bonchev–Trinajstić information content (AvgIpc) is 2.44. The second kappa shape index (κ2) is 7.01. The molecular weight excluding hydrogens is 374 g/mol. The molecule has 0 aliphatic carbocycles. The Balaban J connectivity index is 2.05. The predicted octanol–water partition coefficient (Wildman–Crippen LogP) is 3.11. The lowest BCUT2D eigenvalue weighted by Crippen LogP contribution is -2.56. The van der Waals surface area contributed by atoms with E-state index in [-0.39, 0.29) is 18.0 Å². The summed E-state index contributed by atoms with van der Waals surface area (Å²) >= 11 is 3.39. The number of nitrogens with zero attached hydrogens (tertiary/aromatic N) is 2. The molecule has 0 unspecified atom stereocenters. The van der Waals surface area contributed by atoms with Crippen LogP contribution in [0, 0.1) is 0 Å². The number of amides is 2. The van der Waals surface area contributed by atoms with E-state index in [4.69, 9.17) is 10.5 Å². The van der Waals surface area contributed by atoms with Gasteiger partial charge in [0.1, 0.15) is 5.60 Å². The molecule has 1 heterocycles. The fourth-order valence-electron chi connectivity index (χ4n) is 2.61. The minimum Gasteiger partial charge on any atom is -0.444 e. The third-order valence-corrected chi connectivity index (χ3v) is 4.42. The maximum atomic E-state index is 12.7. The van der Waals surface area contributed by atoms with Crippen LogP contribution < -0.4 is 5.73 Å². The number of hydrogen-bond donors (Lipinski definition) is 1. The summed E-state index contributed by atoms with van der Waals surface area (Å²) < 4.78 is 6.10. The minimum absolute atomic E-state index is 0.0717. The van der Waals surface area contributed by atoms with E-state index < -0.39 is 5.60 Å². The second-order valence-corrected chi connectivity index (χ2v) is 7.87. The number of rotatable bonds is 1.